The van der Waals surface area contributed by atoms with Crippen molar-refractivity contribution in [3.8, 4) is 28.4 Å². The van der Waals surface area contributed by atoms with Gasteiger partial charge in [0.25, 0.3) is 5.91 Å². The van der Waals surface area contributed by atoms with Crippen LogP contribution in [0, 0.1) is 0 Å². The van der Waals surface area contributed by atoms with Crippen molar-refractivity contribution < 1.29 is 23.8 Å². The van der Waals surface area contributed by atoms with Crippen molar-refractivity contribution in [2.45, 2.75) is 6.92 Å². The van der Waals surface area contributed by atoms with Gasteiger partial charge in [0.05, 0.1) is 25.1 Å². The molecule has 0 fully saturated rings. The summed E-state index contributed by atoms with van der Waals surface area (Å²) in [5.41, 5.74) is 2.85. The molecule has 36 heavy (non-hydrogen) atoms. The van der Waals surface area contributed by atoms with Gasteiger partial charge in [0.2, 0.25) is 0 Å². The first-order valence-electron chi connectivity index (χ1n) is 11.2. The van der Waals surface area contributed by atoms with E-state index in [0.717, 1.165) is 11.3 Å². The Hall–Kier alpha value is -4.30. The molecule has 184 valence electrons. The molecule has 0 aliphatic heterocycles. The molecule has 3 aromatic carbocycles. The highest BCUT2D eigenvalue weighted by Crippen LogP contribution is 2.28. The average molecular weight is 506 g/mol. The Labute approximate surface area is 213 Å². The zero-order chi connectivity index (χ0) is 25.5. The van der Waals surface area contributed by atoms with Gasteiger partial charge in [-0.1, -0.05) is 29.8 Å². The number of anilines is 1. The molecule has 0 atom stereocenters. The number of hydrogen-bond acceptors (Lipinski definition) is 6. The van der Waals surface area contributed by atoms with E-state index in [1.165, 1.54) is 0 Å². The predicted octanol–water partition coefficient (Wildman–Crippen LogP) is 5.40. The number of nitrogens with zero attached hydrogens (tertiary/aromatic N) is 2. The maximum absolute atomic E-state index is 12.5. The maximum Gasteiger partial charge on any atom is 0.358 e. The molecule has 0 radical (unpaired) electrons. The van der Waals surface area contributed by atoms with E-state index >= 15 is 0 Å². The lowest BCUT2D eigenvalue weighted by Crippen LogP contribution is -2.20. The summed E-state index contributed by atoms with van der Waals surface area (Å²) in [6.07, 6.45) is 0. The van der Waals surface area contributed by atoms with Crippen LogP contribution in [0.4, 0.5) is 5.69 Å². The van der Waals surface area contributed by atoms with Crippen molar-refractivity contribution in [3.05, 3.63) is 89.6 Å². The molecule has 8 nitrogen and oxygen atoms in total. The van der Waals surface area contributed by atoms with Crippen LogP contribution in [0.15, 0.2) is 78.9 Å². The smallest absolute Gasteiger partial charge is 0.358 e. The highest BCUT2D eigenvalue weighted by molar-refractivity contribution is 6.30. The molecule has 1 N–H and O–H groups in total. The first kappa shape index (κ1) is 24.8. The van der Waals surface area contributed by atoms with Gasteiger partial charge in [-0.15, -0.1) is 0 Å². The van der Waals surface area contributed by atoms with E-state index in [9.17, 15) is 9.59 Å². The van der Waals surface area contributed by atoms with E-state index in [4.69, 9.17) is 25.8 Å². The number of halogens is 1. The Bertz CT molecular complexity index is 1370. The molecule has 0 saturated heterocycles. The fraction of sp³-hybridized carbons (Fsp3) is 0.148. The topological polar surface area (TPSA) is 91.7 Å². The highest BCUT2D eigenvalue weighted by atomic mass is 35.5. The predicted molar refractivity (Wildman–Crippen MR) is 137 cm³/mol. The van der Waals surface area contributed by atoms with Crippen molar-refractivity contribution in [2.24, 2.45) is 0 Å². The molecule has 0 aliphatic carbocycles. The molecular weight excluding hydrogens is 482 g/mol. The summed E-state index contributed by atoms with van der Waals surface area (Å²) in [5, 5.41) is 7.83. The van der Waals surface area contributed by atoms with E-state index in [-0.39, 0.29) is 24.8 Å². The quantitative estimate of drug-likeness (QED) is 0.306. The summed E-state index contributed by atoms with van der Waals surface area (Å²) in [5.74, 6) is 0.348. The number of rotatable bonds is 9. The number of amides is 1. The number of esters is 1. The average Bonchev–Trinajstić information content (AvgIpc) is 3.34. The number of carbonyl (C=O) groups excluding carboxylic acids is 2. The lowest BCUT2D eigenvalue weighted by atomic mass is 10.1. The molecule has 0 bridgehead atoms. The number of carbonyl (C=O) groups is 2. The Balaban J connectivity index is 1.58. The Kier molecular flexibility index (Phi) is 7.87. The molecule has 1 amide bonds. The summed E-state index contributed by atoms with van der Waals surface area (Å²) in [4.78, 5) is 24.9. The van der Waals surface area contributed by atoms with Crippen LogP contribution in [0.1, 0.15) is 17.4 Å². The van der Waals surface area contributed by atoms with Crippen LogP contribution in [0.2, 0.25) is 5.02 Å². The molecule has 0 aliphatic rings. The van der Waals surface area contributed by atoms with Gasteiger partial charge in [-0.2, -0.15) is 5.10 Å². The van der Waals surface area contributed by atoms with Crippen molar-refractivity contribution in [3.63, 3.8) is 0 Å². The van der Waals surface area contributed by atoms with Gasteiger partial charge in [-0.05, 0) is 67.6 Å². The molecule has 0 spiro atoms. The number of aromatic nitrogens is 2. The van der Waals surface area contributed by atoms with Gasteiger partial charge in [0, 0.05) is 16.3 Å². The second kappa shape index (κ2) is 11.4. The van der Waals surface area contributed by atoms with Crippen LogP contribution in [-0.2, 0) is 9.53 Å². The van der Waals surface area contributed by atoms with Crippen LogP contribution >= 0.6 is 11.6 Å². The maximum atomic E-state index is 12.5. The monoisotopic (exact) mass is 505 g/mol. The minimum absolute atomic E-state index is 0.173. The SMILES string of the molecule is CCOC(=O)c1cc(-c2cccc(NC(=O)COc3cccc(Cl)c3)c2)n(-c2ccc(OC)cc2)n1. The molecule has 1 heterocycles. The van der Waals surface area contributed by atoms with E-state index in [1.807, 2.05) is 18.2 Å². The minimum Gasteiger partial charge on any atom is -0.497 e. The summed E-state index contributed by atoms with van der Waals surface area (Å²) >= 11 is 5.95. The van der Waals surface area contributed by atoms with Crippen LogP contribution < -0.4 is 14.8 Å². The van der Waals surface area contributed by atoms with Crippen molar-refractivity contribution in [1.29, 1.82) is 0 Å². The molecule has 9 heteroatoms. The Morgan fingerprint density at radius 2 is 1.75 bits per heavy atom. The van der Waals surface area contributed by atoms with Crippen LogP contribution in [0.3, 0.4) is 0 Å². The van der Waals surface area contributed by atoms with E-state index < -0.39 is 5.97 Å². The van der Waals surface area contributed by atoms with Gasteiger partial charge < -0.3 is 19.5 Å². The molecule has 4 rings (SSSR count). The zero-order valence-corrected chi connectivity index (χ0v) is 20.5. The van der Waals surface area contributed by atoms with Gasteiger partial charge in [0.1, 0.15) is 11.5 Å². The van der Waals surface area contributed by atoms with Crippen LogP contribution in [-0.4, -0.2) is 42.0 Å². The highest BCUT2D eigenvalue weighted by Gasteiger charge is 2.18. The summed E-state index contributed by atoms with van der Waals surface area (Å²) in [7, 11) is 1.59. The third-order valence-corrected chi connectivity index (χ3v) is 5.35. The molecule has 1 aromatic heterocycles. The Morgan fingerprint density at radius 1 is 0.972 bits per heavy atom. The van der Waals surface area contributed by atoms with Crippen LogP contribution in [0.25, 0.3) is 16.9 Å². The second-order valence-electron chi connectivity index (χ2n) is 7.62. The minimum atomic E-state index is -0.520. The number of hydrogen-bond donors (Lipinski definition) is 1. The lowest BCUT2D eigenvalue weighted by molar-refractivity contribution is -0.118. The first-order valence-corrected chi connectivity index (χ1v) is 11.5. The van der Waals surface area contributed by atoms with Gasteiger partial charge in [-0.3, -0.25) is 4.79 Å². The van der Waals surface area contributed by atoms with E-state index in [2.05, 4.69) is 10.4 Å². The number of ether oxygens (including phenoxy) is 3. The Morgan fingerprint density at radius 3 is 2.47 bits per heavy atom. The zero-order valence-electron chi connectivity index (χ0n) is 19.7. The summed E-state index contributed by atoms with van der Waals surface area (Å²) in [6, 6.07) is 23.0. The van der Waals surface area contributed by atoms with Crippen LogP contribution in [0.5, 0.6) is 11.5 Å². The molecule has 0 saturated carbocycles. The third-order valence-electron chi connectivity index (χ3n) is 5.12. The fourth-order valence-corrected chi connectivity index (χ4v) is 3.65. The number of benzene rings is 3. The number of methoxy groups -OCH3 is 1. The van der Waals surface area contributed by atoms with Gasteiger partial charge in [0.15, 0.2) is 12.3 Å². The standard InChI is InChI=1S/C27H24ClN3O5/c1-3-35-27(33)24-16-25(31(30-24)21-10-12-22(34-2)13-11-21)18-6-4-8-20(14-18)29-26(32)17-36-23-9-5-7-19(28)15-23/h4-16H,3,17H2,1-2H3,(H,29,32). The second-order valence-corrected chi connectivity index (χ2v) is 8.06. The normalized spacial score (nSPS) is 10.5. The van der Waals surface area contributed by atoms with Gasteiger partial charge in [-0.25, -0.2) is 9.48 Å². The van der Waals surface area contributed by atoms with Crippen molar-refractivity contribution >= 4 is 29.2 Å². The molecule has 0 unspecified atom stereocenters. The molecular formula is C27H24ClN3O5. The largest absolute Gasteiger partial charge is 0.497 e. The van der Waals surface area contributed by atoms with E-state index in [0.29, 0.717) is 27.9 Å². The first-order chi connectivity index (χ1) is 17.5. The summed E-state index contributed by atoms with van der Waals surface area (Å²) in [6.45, 7) is 1.80. The van der Waals surface area contributed by atoms with E-state index in [1.54, 1.807) is 79.4 Å². The van der Waals surface area contributed by atoms with Gasteiger partial charge >= 0.3 is 5.97 Å². The van der Waals surface area contributed by atoms with Crippen molar-refractivity contribution in [2.75, 3.05) is 25.6 Å². The third kappa shape index (κ3) is 6.03. The molecule has 4 aromatic rings. The summed E-state index contributed by atoms with van der Waals surface area (Å²) < 4.78 is 17.5. The fourth-order valence-electron chi connectivity index (χ4n) is 3.47. The van der Waals surface area contributed by atoms with Crippen molar-refractivity contribution in [1.82, 2.24) is 9.78 Å². The number of nitrogens with one attached hydrogen (secondary N) is 1. The lowest BCUT2D eigenvalue weighted by Gasteiger charge is -2.11.